The molecule has 0 saturated carbocycles. The van der Waals surface area contributed by atoms with Gasteiger partial charge in [0.15, 0.2) is 0 Å². The average Bonchev–Trinajstić information content (AvgIpc) is 2.95. The van der Waals surface area contributed by atoms with Gasteiger partial charge >= 0.3 is 6.03 Å². The van der Waals surface area contributed by atoms with Crippen LogP contribution in [0.25, 0.3) is 0 Å². The summed E-state index contributed by atoms with van der Waals surface area (Å²) in [6, 6.07) is 10.1. The van der Waals surface area contributed by atoms with E-state index in [0.717, 1.165) is 11.1 Å². The standard InChI is InChI=1S/C17H18ClN3O3S/c1-11-14(18)4-3-5-15(11)20-17(22)19-13-6-7-16-12(10-13)8-9-21(16)25(2,23)24/h3-7,10H,8-9H2,1-2H3,(H2,19,20,22). The summed E-state index contributed by atoms with van der Waals surface area (Å²) in [6.07, 6.45) is 1.81. The summed E-state index contributed by atoms with van der Waals surface area (Å²) in [5, 5.41) is 6.10. The average molecular weight is 380 g/mol. The number of hydrogen-bond donors (Lipinski definition) is 2. The number of nitrogens with one attached hydrogen (secondary N) is 2. The molecule has 2 amide bonds. The maximum absolute atomic E-state index is 12.2. The predicted octanol–water partition coefficient (Wildman–Crippen LogP) is 3.61. The van der Waals surface area contributed by atoms with E-state index in [0.29, 0.717) is 35.1 Å². The first-order valence-electron chi connectivity index (χ1n) is 7.69. The summed E-state index contributed by atoms with van der Waals surface area (Å²) in [7, 11) is -3.28. The Kier molecular flexibility index (Phi) is 4.62. The van der Waals surface area contributed by atoms with Crippen LogP contribution in [0.15, 0.2) is 36.4 Å². The maximum Gasteiger partial charge on any atom is 0.323 e. The molecule has 132 valence electrons. The summed E-state index contributed by atoms with van der Waals surface area (Å²) in [6.45, 7) is 2.25. The summed E-state index contributed by atoms with van der Waals surface area (Å²) in [5.41, 5.74) is 3.58. The predicted molar refractivity (Wildman–Crippen MR) is 101 cm³/mol. The van der Waals surface area contributed by atoms with Gasteiger partial charge in [-0.2, -0.15) is 0 Å². The molecule has 25 heavy (non-hydrogen) atoms. The molecule has 1 heterocycles. The van der Waals surface area contributed by atoms with Crippen molar-refractivity contribution in [3.05, 3.63) is 52.5 Å². The summed E-state index contributed by atoms with van der Waals surface area (Å²) < 4.78 is 24.9. The molecule has 0 aliphatic carbocycles. The lowest BCUT2D eigenvalue weighted by Crippen LogP contribution is -2.27. The number of halogens is 1. The van der Waals surface area contributed by atoms with Gasteiger partial charge in [0, 0.05) is 22.9 Å². The molecule has 0 fully saturated rings. The SMILES string of the molecule is Cc1c(Cl)cccc1NC(=O)Nc1ccc2c(c1)CCN2S(C)(=O)=O. The first-order chi connectivity index (χ1) is 11.8. The van der Waals surface area contributed by atoms with Gasteiger partial charge in [-0.15, -0.1) is 0 Å². The zero-order valence-corrected chi connectivity index (χ0v) is 15.4. The van der Waals surface area contributed by atoms with Crippen LogP contribution in [0.1, 0.15) is 11.1 Å². The Balaban J connectivity index is 1.74. The second kappa shape index (κ2) is 6.57. The van der Waals surface area contributed by atoms with E-state index >= 15 is 0 Å². The maximum atomic E-state index is 12.2. The van der Waals surface area contributed by atoms with Crippen LogP contribution in [0, 0.1) is 6.92 Å². The molecule has 8 heteroatoms. The van der Waals surface area contributed by atoms with Crippen molar-refractivity contribution >= 4 is 44.7 Å². The first kappa shape index (κ1) is 17.6. The molecule has 2 aromatic carbocycles. The second-order valence-corrected chi connectivity index (χ2v) is 8.23. The van der Waals surface area contributed by atoms with E-state index in [4.69, 9.17) is 11.6 Å². The topological polar surface area (TPSA) is 78.5 Å². The number of nitrogens with zero attached hydrogens (tertiary/aromatic N) is 1. The molecular weight excluding hydrogens is 362 g/mol. The molecule has 2 N–H and O–H groups in total. The fourth-order valence-corrected chi connectivity index (χ4v) is 3.95. The molecule has 0 spiro atoms. The van der Waals surface area contributed by atoms with Crippen LogP contribution < -0.4 is 14.9 Å². The molecule has 0 aromatic heterocycles. The fraction of sp³-hybridized carbons (Fsp3) is 0.235. The Bertz CT molecular complexity index is 944. The van der Waals surface area contributed by atoms with Gasteiger partial charge in [-0.3, -0.25) is 4.31 Å². The van der Waals surface area contributed by atoms with Crippen molar-refractivity contribution in [2.45, 2.75) is 13.3 Å². The van der Waals surface area contributed by atoms with Crippen LogP contribution in [0.4, 0.5) is 21.9 Å². The molecule has 3 rings (SSSR count). The van der Waals surface area contributed by atoms with Gasteiger partial charge in [0.1, 0.15) is 0 Å². The van der Waals surface area contributed by atoms with Crippen molar-refractivity contribution in [2.75, 3.05) is 27.7 Å². The van der Waals surface area contributed by atoms with Crippen LogP contribution in [-0.2, 0) is 16.4 Å². The van der Waals surface area contributed by atoms with E-state index in [1.807, 2.05) is 6.92 Å². The Hall–Kier alpha value is -2.25. The van der Waals surface area contributed by atoms with Crippen molar-refractivity contribution in [2.24, 2.45) is 0 Å². The van der Waals surface area contributed by atoms with Crippen molar-refractivity contribution < 1.29 is 13.2 Å². The minimum absolute atomic E-state index is 0.386. The number of rotatable bonds is 3. The zero-order chi connectivity index (χ0) is 18.2. The Morgan fingerprint density at radius 3 is 2.68 bits per heavy atom. The zero-order valence-electron chi connectivity index (χ0n) is 13.8. The molecule has 0 saturated heterocycles. The van der Waals surface area contributed by atoms with Gasteiger partial charge in [0.05, 0.1) is 11.9 Å². The van der Waals surface area contributed by atoms with Crippen molar-refractivity contribution in [3.8, 4) is 0 Å². The van der Waals surface area contributed by atoms with E-state index in [2.05, 4.69) is 10.6 Å². The van der Waals surface area contributed by atoms with Crippen molar-refractivity contribution in [1.82, 2.24) is 0 Å². The van der Waals surface area contributed by atoms with E-state index in [1.165, 1.54) is 10.6 Å². The number of fused-ring (bicyclic) bond motifs is 1. The highest BCUT2D eigenvalue weighted by Gasteiger charge is 2.26. The molecule has 0 radical (unpaired) electrons. The number of carbonyl (C=O) groups is 1. The monoisotopic (exact) mass is 379 g/mol. The number of amides is 2. The second-order valence-electron chi connectivity index (χ2n) is 5.92. The minimum atomic E-state index is -3.28. The molecule has 0 atom stereocenters. The molecular formula is C17H18ClN3O3S. The van der Waals surface area contributed by atoms with Crippen LogP contribution in [0.2, 0.25) is 5.02 Å². The highest BCUT2D eigenvalue weighted by atomic mass is 35.5. The lowest BCUT2D eigenvalue weighted by atomic mass is 10.1. The van der Waals surface area contributed by atoms with E-state index in [-0.39, 0.29) is 6.03 Å². The molecule has 2 aromatic rings. The summed E-state index contributed by atoms with van der Waals surface area (Å²) in [4.78, 5) is 12.2. The van der Waals surface area contributed by atoms with Gasteiger partial charge in [-0.05, 0) is 54.8 Å². The lowest BCUT2D eigenvalue weighted by molar-refractivity contribution is 0.262. The van der Waals surface area contributed by atoms with E-state index in [9.17, 15) is 13.2 Å². The molecule has 0 bridgehead atoms. The Morgan fingerprint density at radius 2 is 1.96 bits per heavy atom. The van der Waals surface area contributed by atoms with Gasteiger partial charge in [0.25, 0.3) is 0 Å². The number of carbonyl (C=O) groups excluding carboxylic acids is 1. The summed E-state index contributed by atoms with van der Waals surface area (Å²) >= 11 is 6.05. The van der Waals surface area contributed by atoms with E-state index in [1.54, 1.807) is 36.4 Å². The molecule has 1 aliphatic rings. The highest BCUT2D eigenvalue weighted by molar-refractivity contribution is 7.92. The van der Waals surface area contributed by atoms with Crippen LogP contribution in [0.3, 0.4) is 0 Å². The van der Waals surface area contributed by atoms with Crippen LogP contribution in [0.5, 0.6) is 0 Å². The quantitative estimate of drug-likeness (QED) is 0.854. The first-order valence-corrected chi connectivity index (χ1v) is 9.92. The molecule has 1 aliphatic heterocycles. The number of anilines is 3. The van der Waals surface area contributed by atoms with Crippen molar-refractivity contribution in [1.29, 1.82) is 0 Å². The number of urea groups is 1. The smallest absolute Gasteiger partial charge is 0.308 e. The summed E-state index contributed by atoms with van der Waals surface area (Å²) in [5.74, 6) is 0. The Morgan fingerprint density at radius 1 is 1.20 bits per heavy atom. The molecule has 0 unspecified atom stereocenters. The van der Waals surface area contributed by atoms with Gasteiger partial charge in [0.2, 0.25) is 10.0 Å². The van der Waals surface area contributed by atoms with Crippen LogP contribution in [-0.4, -0.2) is 27.2 Å². The van der Waals surface area contributed by atoms with Crippen LogP contribution >= 0.6 is 11.6 Å². The Labute approximate surface area is 151 Å². The highest BCUT2D eigenvalue weighted by Crippen LogP contribution is 2.32. The van der Waals surface area contributed by atoms with Gasteiger partial charge < -0.3 is 10.6 Å². The number of benzene rings is 2. The minimum Gasteiger partial charge on any atom is -0.308 e. The van der Waals surface area contributed by atoms with Crippen molar-refractivity contribution in [3.63, 3.8) is 0 Å². The third kappa shape index (κ3) is 3.72. The third-order valence-electron chi connectivity index (χ3n) is 4.11. The van der Waals surface area contributed by atoms with E-state index < -0.39 is 10.0 Å². The molecule has 6 nitrogen and oxygen atoms in total. The van der Waals surface area contributed by atoms with Gasteiger partial charge in [-0.1, -0.05) is 17.7 Å². The lowest BCUT2D eigenvalue weighted by Gasteiger charge is -2.16. The van der Waals surface area contributed by atoms with Gasteiger partial charge in [-0.25, -0.2) is 13.2 Å². The number of hydrogen-bond acceptors (Lipinski definition) is 3. The largest absolute Gasteiger partial charge is 0.323 e. The normalized spacial score (nSPS) is 13.5. The third-order valence-corrected chi connectivity index (χ3v) is 5.70. The fourth-order valence-electron chi connectivity index (χ4n) is 2.82. The number of sulfonamides is 1.